The predicted molar refractivity (Wildman–Crippen MR) is 244 cm³/mol. The summed E-state index contributed by atoms with van der Waals surface area (Å²) in [5.41, 5.74) is -0.483. The van der Waals surface area contributed by atoms with E-state index in [4.69, 9.17) is 23.7 Å². The Balaban J connectivity index is 2.63. The third-order valence-electron chi connectivity index (χ3n) is 10.4. The zero-order valence-corrected chi connectivity index (χ0v) is 41.5. The fourth-order valence-corrected chi connectivity index (χ4v) is 6.81. The van der Waals surface area contributed by atoms with Gasteiger partial charge in [0, 0.05) is 34.1 Å². The standard InChI is InChI=1S/C45H67N7O19/c1-12-21(2)34(52-40(62)29(50-44(65)71-45(8,9)10)17-27-13-15-28(58)16-14-27)41(63)48-30(39(61)46-22(3)38(60)49-31(19-53)43(64)66-11)18-33(59)51-42-35(47-23(4)54)37(69-26(7)57)36(68-25(6)56)32(70-42)20-67-24(5)55/h13-16,21-22,29-32,34-37,42,53,58H,12,17-20H2,1-11H3,(H,46,61)(H,47,54)(H,48,63)(H,49,60)(H,50,65)(H,51,59)(H,52,62)/t21-,22-,29-,30-,31-,32+,34-,35+,36+,37+,42+/m0/s1. The molecule has 1 aromatic rings. The Morgan fingerprint density at radius 1 is 0.718 bits per heavy atom. The number of aliphatic hydroxyl groups is 1. The second kappa shape index (κ2) is 27.9. The van der Waals surface area contributed by atoms with E-state index >= 15 is 0 Å². The summed E-state index contributed by atoms with van der Waals surface area (Å²) in [7, 11) is 1.01. The monoisotopic (exact) mass is 1010 g/mol. The molecule has 0 aromatic heterocycles. The van der Waals surface area contributed by atoms with Crippen LogP contribution in [-0.2, 0) is 82.8 Å². The average Bonchev–Trinajstić information content (AvgIpc) is 3.26. The summed E-state index contributed by atoms with van der Waals surface area (Å²) in [5.74, 6) is -10.3. The number of amides is 7. The van der Waals surface area contributed by atoms with Crippen molar-refractivity contribution in [2.24, 2.45) is 5.92 Å². The highest BCUT2D eigenvalue weighted by Crippen LogP contribution is 2.27. The topological polar surface area (TPSA) is 368 Å². The molecule has 1 saturated heterocycles. The third-order valence-corrected chi connectivity index (χ3v) is 10.4. The number of esters is 4. The van der Waals surface area contributed by atoms with Gasteiger partial charge in [-0.25, -0.2) is 9.59 Å². The summed E-state index contributed by atoms with van der Waals surface area (Å²) in [6, 6.07) is -3.60. The summed E-state index contributed by atoms with van der Waals surface area (Å²) >= 11 is 0. The van der Waals surface area contributed by atoms with Crippen LogP contribution in [0.2, 0.25) is 0 Å². The van der Waals surface area contributed by atoms with Crippen LogP contribution < -0.4 is 37.2 Å². The van der Waals surface area contributed by atoms with E-state index in [2.05, 4.69) is 42.0 Å². The first kappa shape index (κ1) is 60.0. The SMILES string of the molecule is CC[C@H](C)[C@H](NC(=O)[C@H](Cc1ccc(O)cc1)NC(=O)OC(C)(C)C)C(=O)N[C@@H](CC(=O)N[C@@H]1O[C@H](COC(C)=O)[C@@H](OC(C)=O)[C@H](OC(C)=O)[C@H]1NC(C)=O)C(=O)N[C@@H](C)C(=O)N[C@@H](CO)C(=O)OC. The molecule has 0 radical (unpaired) electrons. The van der Waals surface area contributed by atoms with Crippen LogP contribution in [0.4, 0.5) is 4.79 Å². The number of nitrogens with one attached hydrogen (secondary N) is 7. The molecule has 1 aliphatic rings. The number of hydrogen-bond donors (Lipinski definition) is 9. The molecule has 0 unspecified atom stereocenters. The lowest BCUT2D eigenvalue weighted by Crippen LogP contribution is -2.69. The molecule has 2 rings (SSSR count). The Bertz CT molecular complexity index is 2080. The minimum absolute atomic E-state index is 0.0671. The lowest BCUT2D eigenvalue weighted by Gasteiger charge is -2.45. The van der Waals surface area contributed by atoms with Crippen molar-refractivity contribution in [3.63, 3.8) is 0 Å². The van der Waals surface area contributed by atoms with Crippen LogP contribution in [0.15, 0.2) is 24.3 Å². The molecule has 1 heterocycles. The quantitative estimate of drug-likeness (QED) is 0.0430. The van der Waals surface area contributed by atoms with Gasteiger partial charge < -0.3 is 75.9 Å². The van der Waals surface area contributed by atoms with Gasteiger partial charge in [-0.1, -0.05) is 32.4 Å². The van der Waals surface area contributed by atoms with Gasteiger partial charge in [0.25, 0.3) is 0 Å². The molecule has 26 nitrogen and oxygen atoms in total. The van der Waals surface area contributed by atoms with Crippen molar-refractivity contribution < 1.29 is 91.4 Å². The summed E-state index contributed by atoms with van der Waals surface area (Å²) in [4.78, 5) is 144. The number of carbonyl (C=O) groups excluding carboxylic acids is 11. The molecule has 396 valence electrons. The zero-order valence-electron chi connectivity index (χ0n) is 41.5. The molecular weight excluding hydrogens is 943 g/mol. The van der Waals surface area contributed by atoms with Gasteiger partial charge in [-0.05, 0) is 51.3 Å². The lowest BCUT2D eigenvalue weighted by molar-refractivity contribution is -0.228. The first-order valence-corrected chi connectivity index (χ1v) is 22.5. The molecule has 0 aliphatic carbocycles. The van der Waals surface area contributed by atoms with Crippen LogP contribution in [0.1, 0.15) is 87.6 Å². The highest BCUT2D eigenvalue weighted by molar-refractivity contribution is 5.98. The minimum atomic E-state index is -1.92. The molecule has 7 amide bonds. The number of benzene rings is 1. The first-order chi connectivity index (χ1) is 33.1. The molecule has 0 saturated carbocycles. The lowest BCUT2D eigenvalue weighted by atomic mass is 9.94. The van der Waals surface area contributed by atoms with Gasteiger partial charge in [-0.15, -0.1) is 0 Å². The molecule has 71 heavy (non-hydrogen) atoms. The molecule has 1 aromatic carbocycles. The summed E-state index contributed by atoms with van der Waals surface area (Å²) < 4.78 is 31.9. The van der Waals surface area contributed by atoms with Gasteiger partial charge in [0.2, 0.25) is 35.4 Å². The number of methoxy groups -OCH3 is 1. The number of carbonyl (C=O) groups is 11. The maximum atomic E-state index is 14.4. The van der Waals surface area contributed by atoms with Crippen LogP contribution in [0.3, 0.4) is 0 Å². The van der Waals surface area contributed by atoms with E-state index < -0.39 is 157 Å². The number of alkyl carbamates (subject to hydrolysis) is 1. The van der Waals surface area contributed by atoms with E-state index in [0.29, 0.717) is 5.56 Å². The molecule has 1 aliphatic heterocycles. The second-order valence-corrected chi connectivity index (χ2v) is 17.5. The van der Waals surface area contributed by atoms with E-state index in [-0.39, 0.29) is 18.6 Å². The van der Waals surface area contributed by atoms with Crippen molar-refractivity contribution in [1.29, 1.82) is 0 Å². The van der Waals surface area contributed by atoms with E-state index in [1.807, 2.05) is 0 Å². The van der Waals surface area contributed by atoms with E-state index in [1.54, 1.807) is 34.6 Å². The number of phenols is 1. The molecule has 9 N–H and O–H groups in total. The maximum absolute atomic E-state index is 14.4. The smallest absolute Gasteiger partial charge is 0.408 e. The van der Waals surface area contributed by atoms with Crippen LogP contribution in [0.25, 0.3) is 0 Å². The van der Waals surface area contributed by atoms with Crippen molar-refractivity contribution >= 4 is 65.4 Å². The largest absolute Gasteiger partial charge is 0.508 e. The van der Waals surface area contributed by atoms with Crippen molar-refractivity contribution in [3.8, 4) is 5.75 Å². The Morgan fingerprint density at radius 3 is 1.82 bits per heavy atom. The predicted octanol–water partition coefficient (Wildman–Crippen LogP) is -1.84. The Morgan fingerprint density at radius 2 is 1.30 bits per heavy atom. The third kappa shape index (κ3) is 20.4. The summed E-state index contributed by atoms with van der Waals surface area (Å²) in [6.07, 6.45) is -8.12. The number of aromatic hydroxyl groups is 1. The van der Waals surface area contributed by atoms with Crippen LogP contribution in [-0.4, -0.2) is 162 Å². The highest BCUT2D eigenvalue weighted by atomic mass is 16.6. The molecule has 0 bridgehead atoms. The number of aliphatic hydroxyl groups excluding tert-OH is 1. The van der Waals surface area contributed by atoms with E-state index in [0.717, 1.165) is 34.8 Å². The van der Waals surface area contributed by atoms with E-state index in [9.17, 15) is 63.0 Å². The Labute approximate surface area is 410 Å². The minimum Gasteiger partial charge on any atom is -0.508 e. The van der Waals surface area contributed by atoms with Gasteiger partial charge in [0.05, 0.1) is 20.1 Å². The van der Waals surface area contributed by atoms with Gasteiger partial charge in [0.1, 0.15) is 54.3 Å². The number of phenolic OH excluding ortho intramolecular Hbond substituents is 1. The average molecular weight is 1010 g/mol. The number of ether oxygens (including phenoxy) is 6. The van der Waals surface area contributed by atoms with E-state index in [1.165, 1.54) is 31.2 Å². The molecular formula is C45H67N7O19. The van der Waals surface area contributed by atoms with Crippen LogP contribution in [0, 0.1) is 5.92 Å². The first-order valence-electron chi connectivity index (χ1n) is 22.5. The molecule has 26 heteroatoms. The molecule has 1 fully saturated rings. The normalized spacial score (nSPS) is 20.0. The van der Waals surface area contributed by atoms with Crippen molar-refractivity contribution in [2.45, 2.75) is 155 Å². The van der Waals surface area contributed by atoms with Crippen molar-refractivity contribution in [2.75, 3.05) is 20.3 Å². The maximum Gasteiger partial charge on any atom is 0.408 e. The fourth-order valence-electron chi connectivity index (χ4n) is 6.81. The number of rotatable bonds is 23. The summed E-state index contributed by atoms with van der Waals surface area (Å²) in [6.45, 7) is 11.9. The van der Waals surface area contributed by atoms with Gasteiger partial charge in [0.15, 0.2) is 24.5 Å². The van der Waals surface area contributed by atoms with Gasteiger partial charge >= 0.3 is 30.0 Å². The fraction of sp³-hybridized carbons (Fsp3) is 0.622. The molecule has 11 atom stereocenters. The van der Waals surface area contributed by atoms with Gasteiger partial charge in [-0.3, -0.25) is 43.2 Å². The Hall–Kier alpha value is -7.09. The molecule has 0 spiro atoms. The van der Waals surface area contributed by atoms with Crippen LogP contribution in [0.5, 0.6) is 5.75 Å². The second-order valence-electron chi connectivity index (χ2n) is 17.5. The zero-order chi connectivity index (χ0) is 53.9. The van der Waals surface area contributed by atoms with Crippen LogP contribution >= 0.6 is 0 Å². The highest BCUT2D eigenvalue weighted by Gasteiger charge is 2.51. The van der Waals surface area contributed by atoms with Crippen molar-refractivity contribution in [3.05, 3.63) is 29.8 Å². The number of hydrogen-bond acceptors (Lipinski definition) is 19. The van der Waals surface area contributed by atoms with Gasteiger partial charge in [-0.2, -0.15) is 0 Å². The van der Waals surface area contributed by atoms with Crippen molar-refractivity contribution in [1.82, 2.24) is 37.2 Å². The Kier molecular flexibility index (Phi) is 23.6. The summed E-state index contributed by atoms with van der Waals surface area (Å²) in [5, 5.41) is 36.5.